The number of nitrogens with one attached hydrogen (secondary N) is 1. The molecule has 4 aliphatic carbocycles. The first-order chi connectivity index (χ1) is 6.04. The smallest absolute Gasteiger partial charge is 0.00143 e. The first-order valence-corrected chi connectivity index (χ1v) is 5.74. The normalized spacial score (nSPS) is 67.3. The first-order valence-electron chi connectivity index (χ1n) is 5.74. The predicted octanol–water partition coefficient (Wildman–Crippen LogP) is 2.60. The lowest BCUT2D eigenvalue weighted by molar-refractivity contribution is 0.157. The van der Waals surface area contributed by atoms with E-state index in [9.17, 15) is 0 Å². The van der Waals surface area contributed by atoms with E-state index in [-0.39, 0.29) is 12.4 Å². The van der Waals surface area contributed by atoms with Crippen molar-refractivity contribution in [1.29, 1.82) is 0 Å². The van der Waals surface area contributed by atoms with E-state index in [0.29, 0.717) is 0 Å². The highest BCUT2D eigenvalue weighted by molar-refractivity contribution is 5.85. The van der Waals surface area contributed by atoms with Crippen molar-refractivity contribution in [1.82, 2.24) is 5.32 Å². The molecule has 80 valence electrons. The highest BCUT2D eigenvalue weighted by Gasteiger charge is 2.81. The van der Waals surface area contributed by atoms with Crippen LogP contribution in [-0.2, 0) is 0 Å². The summed E-state index contributed by atoms with van der Waals surface area (Å²) in [6, 6.07) is 0. The van der Waals surface area contributed by atoms with Crippen molar-refractivity contribution in [3.8, 4) is 0 Å². The van der Waals surface area contributed by atoms with Gasteiger partial charge in [-0.25, -0.2) is 0 Å². The van der Waals surface area contributed by atoms with E-state index in [1.165, 1.54) is 38.8 Å². The maximum atomic E-state index is 3.66. The van der Waals surface area contributed by atoms with E-state index in [1.54, 1.807) is 0 Å². The predicted molar refractivity (Wildman–Crippen MR) is 59.7 cm³/mol. The molecular formula is C12H20ClN. The minimum atomic E-state index is 0. The minimum Gasteiger partial charge on any atom is -0.316 e. The molecule has 1 aliphatic heterocycles. The van der Waals surface area contributed by atoms with E-state index in [2.05, 4.69) is 19.2 Å². The van der Waals surface area contributed by atoms with Crippen molar-refractivity contribution >= 4 is 12.4 Å². The average Bonchev–Trinajstić information content (AvgIpc) is 2.50. The summed E-state index contributed by atoms with van der Waals surface area (Å²) >= 11 is 0. The monoisotopic (exact) mass is 213 g/mol. The van der Waals surface area contributed by atoms with Crippen LogP contribution in [-0.4, -0.2) is 13.1 Å². The Bertz CT molecular complexity index is 267. The summed E-state index contributed by atoms with van der Waals surface area (Å²) in [7, 11) is 0. The van der Waals surface area contributed by atoms with Gasteiger partial charge in [-0.3, -0.25) is 0 Å². The van der Waals surface area contributed by atoms with Crippen molar-refractivity contribution in [2.24, 2.45) is 21.7 Å². The molecule has 4 saturated carbocycles. The van der Waals surface area contributed by atoms with E-state index >= 15 is 0 Å². The van der Waals surface area contributed by atoms with E-state index in [0.717, 1.165) is 21.7 Å². The van der Waals surface area contributed by atoms with Crippen molar-refractivity contribution in [3.63, 3.8) is 0 Å². The molecule has 0 aromatic carbocycles. The Morgan fingerprint density at radius 2 is 1.14 bits per heavy atom. The van der Waals surface area contributed by atoms with Crippen molar-refractivity contribution < 1.29 is 0 Å². The first kappa shape index (κ1) is 9.47. The van der Waals surface area contributed by atoms with Gasteiger partial charge in [-0.15, -0.1) is 12.4 Å². The average molecular weight is 214 g/mol. The Morgan fingerprint density at radius 1 is 0.786 bits per heavy atom. The molecule has 1 heterocycles. The molecule has 5 fully saturated rings. The summed E-state index contributed by atoms with van der Waals surface area (Å²) in [4.78, 5) is 0. The summed E-state index contributed by atoms with van der Waals surface area (Å²) in [5.41, 5.74) is 2.93. The molecule has 0 atom stereocenters. The van der Waals surface area contributed by atoms with Crippen LogP contribution in [0.1, 0.15) is 39.5 Å². The quantitative estimate of drug-likeness (QED) is 0.653. The second kappa shape index (κ2) is 2.04. The fourth-order valence-electron chi connectivity index (χ4n) is 6.01. The molecule has 2 spiro atoms. The SMILES string of the molecule is CC12CC34CNCC3(C1)CC2(C)C4.Cl. The third-order valence-corrected chi connectivity index (χ3v) is 6.42. The number of halogens is 1. The van der Waals surface area contributed by atoms with Gasteiger partial charge in [0.05, 0.1) is 0 Å². The van der Waals surface area contributed by atoms with Gasteiger partial charge in [0.1, 0.15) is 0 Å². The van der Waals surface area contributed by atoms with Gasteiger partial charge in [0, 0.05) is 13.1 Å². The van der Waals surface area contributed by atoms with Gasteiger partial charge < -0.3 is 5.32 Å². The highest BCUT2D eigenvalue weighted by Crippen LogP contribution is 2.87. The summed E-state index contributed by atoms with van der Waals surface area (Å²) in [5.74, 6) is 0. The van der Waals surface area contributed by atoms with Crippen LogP contribution in [0.2, 0.25) is 0 Å². The Labute approximate surface area is 92.4 Å². The van der Waals surface area contributed by atoms with Crippen LogP contribution < -0.4 is 5.32 Å². The molecule has 0 radical (unpaired) electrons. The zero-order chi connectivity index (χ0) is 8.95. The summed E-state index contributed by atoms with van der Waals surface area (Å²) in [6.45, 7) is 7.79. The summed E-state index contributed by atoms with van der Waals surface area (Å²) < 4.78 is 0. The van der Waals surface area contributed by atoms with Gasteiger partial charge in [-0.1, -0.05) is 13.8 Å². The van der Waals surface area contributed by atoms with Crippen LogP contribution in [0.4, 0.5) is 0 Å². The molecular weight excluding hydrogens is 194 g/mol. The summed E-state index contributed by atoms with van der Waals surface area (Å²) in [6.07, 6.45) is 6.12. The molecule has 5 rings (SSSR count). The van der Waals surface area contributed by atoms with Gasteiger partial charge in [0.15, 0.2) is 0 Å². The van der Waals surface area contributed by atoms with Crippen molar-refractivity contribution in [2.75, 3.05) is 13.1 Å². The molecule has 2 heteroatoms. The second-order valence-electron chi connectivity index (χ2n) is 6.99. The number of rotatable bonds is 0. The number of hydrogen-bond donors (Lipinski definition) is 1. The lowest BCUT2D eigenvalue weighted by atomic mass is 9.71. The van der Waals surface area contributed by atoms with E-state index in [4.69, 9.17) is 0 Å². The van der Waals surface area contributed by atoms with Crippen LogP contribution in [0.15, 0.2) is 0 Å². The van der Waals surface area contributed by atoms with Gasteiger partial charge in [-0.05, 0) is 47.3 Å². The molecule has 1 saturated heterocycles. The Kier molecular flexibility index (Phi) is 1.38. The van der Waals surface area contributed by atoms with Crippen molar-refractivity contribution in [2.45, 2.75) is 39.5 Å². The largest absolute Gasteiger partial charge is 0.316 e. The van der Waals surface area contributed by atoms with Crippen LogP contribution in [0.25, 0.3) is 0 Å². The third-order valence-electron chi connectivity index (χ3n) is 6.42. The van der Waals surface area contributed by atoms with Crippen LogP contribution in [0, 0.1) is 21.7 Å². The number of hydrogen-bond acceptors (Lipinski definition) is 1. The fraction of sp³-hybridized carbons (Fsp3) is 1.00. The Balaban J connectivity index is 0.000000640. The lowest BCUT2D eigenvalue weighted by Crippen LogP contribution is -2.30. The second-order valence-corrected chi connectivity index (χ2v) is 6.99. The zero-order valence-electron chi connectivity index (χ0n) is 9.15. The minimum absolute atomic E-state index is 0. The Morgan fingerprint density at radius 3 is 1.50 bits per heavy atom. The Hall–Kier alpha value is 0.250. The van der Waals surface area contributed by atoms with E-state index in [1.807, 2.05) is 0 Å². The van der Waals surface area contributed by atoms with Crippen LogP contribution in [0.3, 0.4) is 0 Å². The van der Waals surface area contributed by atoms with Gasteiger partial charge in [-0.2, -0.15) is 0 Å². The molecule has 0 aromatic heterocycles. The standard InChI is InChI=1S/C12H19N.ClH/c1-9-3-11-5-10(9,2)6-12(11,4-9)8-13-7-11;/h13H,3-8H2,1-2H3;1H. The molecule has 0 amide bonds. The molecule has 0 unspecified atom stereocenters. The van der Waals surface area contributed by atoms with Crippen molar-refractivity contribution in [3.05, 3.63) is 0 Å². The highest BCUT2D eigenvalue weighted by atomic mass is 35.5. The topological polar surface area (TPSA) is 12.0 Å². The molecule has 0 aromatic rings. The lowest BCUT2D eigenvalue weighted by Gasteiger charge is -2.33. The van der Waals surface area contributed by atoms with Gasteiger partial charge in [0.2, 0.25) is 0 Å². The molecule has 1 nitrogen and oxygen atoms in total. The van der Waals surface area contributed by atoms with Gasteiger partial charge >= 0.3 is 0 Å². The maximum Gasteiger partial charge on any atom is 0.00143 e. The fourth-order valence-corrected chi connectivity index (χ4v) is 6.01. The van der Waals surface area contributed by atoms with E-state index < -0.39 is 0 Å². The molecule has 14 heavy (non-hydrogen) atoms. The molecule has 5 aliphatic rings. The van der Waals surface area contributed by atoms with Crippen LogP contribution >= 0.6 is 12.4 Å². The molecule has 4 bridgehead atoms. The van der Waals surface area contributed by atoms with Gasteiger partial charge in [0.25, 0.3) is 0 Å². The van der Waals surface area contributed by atoms with Crippen LogP contribution in [0.5, 0.6) is 0 Å². The third kappa shape index (κ3) is 0.614. The summed E-state index contributed by atoms with van der Waals surface area (Å²) in [5, 5.41) is 3.66. The zero-order valence-corrected chi connectivity index (χ0v) is 9.97. The molecule has 1 N–H and O–H groups in total. The maximum absolute atomic E-state index is 3.66.